The van der Waals surface area contributed by atoms with Crippen LogP contribution in [0.4, 0.5) is 13.2 Å². The van der Waals surface area contributed by atoms with Gasteiger partial charge in [0.05, 0.1) is 6.61 Å². The van der Waals surface area contributed by atoms with E-state index in [0.717, 1.165) is 0 Å². The number of hydrogen-bond donors (Lipinski definition) is 1. The number of ether oxygens (including phenoxy) is 1. The van der Waals surface area contributed by atoms with Crippen LogP contribution >= 0.6 is 15.9 Å². The quantitative estimate of drug-likeness (QED) is 0.929. The fourth-order valence-corrected chi connectivity index (χ4v) is 1.90. The lowest BCUT2D eigenvalue weighted by atomic mass is 10.1. The van der Waals surface area contributed by atoms with Crippen LogP contribution in [0.5, 0.6) is 5.75 Å². The van der Waals surface area contributed by atoms with Crippen LogP contribution in [0.3, 0.4) is 0 Å². The van der Waals surface area contributed by atoms with Gasteiger partial charge >= 0.3 is 6.18 Å². The zero-order chi connectivity index (χ0) is 12.3. The first-order chi connectivity index (χ1) is 7.33. The highest BCUT2D eigenvalue weighted by molar-refractivity contribution is 9.10. The summed E-state index contributed by atoms with van der Waals surface area (Å²) >= 11 is 3.19. The Labute approximate surface area is 99.2 Å². The second-order valence-corrected chi connectivity index (χ2v) is 4.19. The molecular weight excluding hydrogens is 289 g/mol. The molecule has 0 bridgehead atoms. The first-order valence-electron chi connectivity index (χ1n) is 4.43. The van der Waals surface area contributed by atoms with E-state index in [2.05, 4.69) is 20.7 Å². The summed E-state index contributed by atoms with van der Waals surface area (Å²) in [5.74, 6) is 0.0861. The molecule has 0 aromatic heterocycles. The molecule has 2 nitrogen and oxygen atoms in total. The van der Waals surface area contributed by atoms with Crippen LogP contribution in [0.25, 0.3) is 0 Å². The summed E-state index contributed by atoms with van der Waals surface area (Å²) in [7, 11) is 0. The third kappa shape index (κ3) is 3.68. The molecule has 0 atom stereocenters. The second kappa shape index (κ2) is 5.05. The summed E-state index contributed by atoms with van der Waals surface area (Å²) in [6, 6.07) is 3.16. The number of benzene rings is 1. The van der Waals surface area contributed by atoms with Gasteiger partial charge in [0.15, 0.2) is 6.61 Å². The van der Waals surface area contributed by atoms with Crippen molar-refractivity contribution in [2.75, 3.05) is 6.61 Å². The lowest BCUT2D eigenvalue weighted by Crippen LogP contribution is -2.20. The van der Waals surface area contributed by atoms with Crippen LogP contribution in [-0.2, 0) is 6.61 Å². The van der Waals surface area contributed by atoms with E-state index in [1.165, 1.54) is 6.07 Å². The minimum atomic E-state index is -4.38. The molecule has 0 saturated carbocycles. The Hall–Kier alpha value is -0.750. The van der Waals surface area contributed by atoms with E-state index >= 15 is 0 Å². The summed E-state index contributed by atoms with van der Waals surface area (Å²) in [4.78, 5) is 0. The van der Waals surface area contributed by atoms with Gasteiger partial charge in [-0.25, -0.2) is 0 Å². The van der Waals surface area contributed by atoms with Gasteiger partial charge < -0.3 is 9.84 Å². The van der Waals surface area contributed by atoms with E-state index in [9.17, 15) is 13.2 Å². The van der Waals surface area contributed by atoms with Crippen LogP contribution in [0, 0.1) is 6.92 Å². The molecule has 16 heavy (non-hydrogen) atoms. The Morgan fingerprint density at radius 3 is 2.50 bits per heavy atom. The second-order valence-electron chi connectivity index (χ2n) is 3.27. The molecule has 0 aliphatic rings. The van der Waals surface area contributed by atoms with Crippen molar-refractivity contribution in [1.82, 2.24) is 0 Å². The van der Waals surface area contributed by atoms with Crippen molar-refractivity contribution < 1.29 is 23.0 Å². The van der Waals surface area contributed by atoms with Crippen LogP contribution in [0.1, 0.15) is 11.1 Å². The molecular formula is C10H10BrF3O2. The van der Waals surface area contributed by atoms with E-state index in [-0.39, 0.29) is 12.4 Å². The van der Waals surface area contributed by atoms with Gasteiger partial charge in [-0.1, -0.05) is 15.9 Å². The summed E-state index contributed by atoms with van der Waals surface area (Å²) in [5, 5.41) is 9.01. The monoisotopic (exact) mass is 298 g/mol. The highest BCUT2D eigenvalue weighted by Crippen LogP contribution is 2.29. The van der Waals surface area contributed by atoms with Crippen LogP contribution in [0.15, 0.2) is 16.6 Å². The summed E-state index contributed by atoms with van der Waals surface area (Å²) < 4.78 is 41.3. The molecule has 0 amide bonds. The van der Waals surface area contributed by atoms with Crippen LogP contribution in [-0.4, -0.2) is 17.9 Å². The summed E-state index contributed by atoms with van der Waals surface area (Å²) in [6.45, 7) is -0.106. The van der Waals surface area contributed by atoms with Crippen LogP contribution < -0.4 is 4.74 Å². The molecule has 6 heteroatoms. The SMILES string of the molecule is Cc1cc(Br)cc(CO)c1OCC(F)(F)F. The van der Waals surface area contributed by atoms with E-state index in [1.807, 2.05) is 0 Å². The van der Waals surface area contributed by atoms with Crippen LogP contribution in [0.2, 0.25) is 0 Å². The molecule has 0 radical (unpaired) electrons. The van der Waals surface area contributed by atoms with Crippen molar-refractivity contribution in [3.63, 3.8) is 0 Å². The molecule has 1 aromatic rings. The number of hydrogen-bond acceptors (Lipinski definition) is 2. The lowest BCUT2D eigenvalue weighted by Gasteiger charge is -2.14. The van der Waals surface area contributed by atoms with Gasteiger partial charge in [-0.15, -0.1) is 0 Å². The molecule has 0 saturated heterocycles. The van der Waals surface area contributed by atoms with Crippen molar-refractivity contribution in [3.05, 3.63) is 27.7 Å². The van der Waals surface area contributed by atoms with Gasteiger partial charge in [0, 0.05) is 10.0 Å². The fourth-order valence-electron chi connectivity index (χ4n) is 1.28. The Bertz CT molecular complexity index is 377. The third-order valence-corrected chi connectivity index (χ3v) is 2.32. The number of rotatable bonds is 3. The Morgan fingerprint density at radius 1 is 1.38 bits per heavy atom. The zero-order valence-electron chi connectivity index (χ0n) is 8.44. The topological polar surface area (TPSA) is 29.5 Å². The van der Waals surface area contributed by atoms with Gasteiger partial charge in [0.2, 0.25) is 0 Å². The molecule has 90 valence electrons. The smallest absolute Gasteiger partial charge is 0.422 e. The number of aliphatic hydroxyl groups is 1. The third-order valence-electron chi connectivity index (χ3n) is 1.87. The molecule has 1 rings (SSSR count). The highest BCUT2D eigenvalue weighted by atomic mass is 79.9. The number of aryl methyl sites for hydroxylation is 1. The maximum absolute atomic E-state index is 12.0. The Balaban J connectivity index is 2.94. The number of halogens is 4. The van der Waals surface area contributed by atoms with E-state index in [1.54, 1.807) is 13.0 Å². The van der Waals surface area contributed by atoms with Crippen molar-refractivity contribution in [1.29, 1.82) is 0 Å². The van der Waals surface area contributed by atoms with Gasteiger partial charge in [-0.2, -0.15) is 13.2 Å². The number of aliphatic hydroxyl groups excluding tert-OH is 1. The lowest BCUT2D eigenvalue weighted by molar-refractivity contribution is -0.153. The predicted octanol–water partition coefficient (Wildman–Crippen LogP) is 3.19. The molecule has 0 aliphatic carbocycles. The molecule has 1 aromatic carbocycles. The summed E-state index contributed by atoms with van der Waals surface area (Å²) in [5.41, 5.74) is 0.874. The van der Waals surface area contributed by atoms with Crippen molar-refractivity contribution in [2.45, 2.75) is 19.7 Å². The molecule has 0 unspecified atom stereocenters. The van der Waals surface area contributed by atoms with Gasteiger partial charge in [0.25, 0.3) is 0 Å². The first kappa shape index (κ1) is 13.3. The Kier molecular flexibility index (Phi) is 4.21. The predicted molar refractivity (Wildman–Crippen MR) is 56.4 cm³/mol. The van der Waals surface area contributed by atoms with Gasteiger partial charge in [-0.3, -0.25) is 0 Å². The first-order valence-corrected chi connectivity index (χ1v) is 5.22. The van der Waals surface area contributed by atoms with E-state index < -0.39 is 12.8 Å². The van der Waals surface area contributed by atoms with Gasteiger partial charge in [-0.05, 0) is 24.6 Å². The zero-order valence-corrected chi connectivity index (χ0v) is 10.0. The summed E-state index contributed by atoms with van der Waals surface area (Å²) in [6.07, 6.45) is -4.38. The molecule has 0 heterocycles. The maximum atomic E-state index is 12.0. The average molecular weight is 299 g/mol. The average Bonchev–Trinajstić information content (AvgIpc) is 2.13. The largest absolute Gasteiger partial charge is 0.483 e. The van der Waals surface area contributed by atoms with Gasteiger partial charge in [0.1, 0.15) is 5.75 Å². The van der Waals surface area contributed by atoms with Crippen molar-refractivity contribution >= 4 is 15.9 Å². The highest BCUT2D eigenvalue weighted by Gasteiger charge is 2.29. The van der Waals surface area contributed by atoms with Crippen molar-refractivity contribution in [3.8, 4) is 5.75 Å². The molecule has 0 spiro atoms. The van der Waals surface area contributed by atoms with E-state index in [0.29, 0.717) is 15.6 Å². The molecule has 0 aliphatic heterocycles. The fraction of sp³-hybridized carbons (Fsp3) is 0.400. The molecule has 0 fully saturated rings. The maximum Gasteiger partial charge on any atom is 0.422 e. The number of alkyl halides is 3. The minimum absolute atomic E-state index is 0.0861. The van der Waals surface area contributed by atoms with E-state index in [4.69, 9.17) is 5.11 Å². The minimum Gasteiger partial charge on any atom is -0.483 e. The molecule has 1 N–H and O–H groups in total. The normalized spacial score (nSPS) is 11.6. The van der Waals surface area contributed by atoms with Crippen molar-refractivity contribution in [2.24, 2.45) is 0 Å². The standard InChI is InChI=1S/C10H10BrF3O2/c1-6-2-8(11)3-7(4-15)9(6)16-5-10(12,13)14/h2-3,15H,4-5H2,1H3. The Morgan fingerprint density at radius 2 is 2.00 bits per heavy atom.